The van der Waals surface area contributed by atoms with Gasteiger partial charge in [0, 0.05) is 41.0 Å². The first-order valence-electron chi connectivity index (χ1n) is 13.8. The molecule has 0 radical (unpaired) electrons. The van der Waals surface area contributed by atoms with Crippen LogP contribution in [0.5, 0.6) is 34.5 Å². The zero-order valence-corrected chi connectivity index (χ0v) is 23.8. The van der Waals surface area contributed by atoms with Crippen molar-refractivity contribution in [3.63, 3.8) is 0 Å². The maximum atomic E-state index is 13.5. The number of carbonyl (C=O) groups excluding carboxylic acids is 1. The fourth-order valence-electron chi connectivity index (χ4n) is 6.72. The molecule has 0 bridgehead atoms. The smallest absolute Gasteiger partial charge is 0.310 e. The molecular formula is C32H32N2O8. The largest absolute Gasteiger partial charge is 0.497 e. The second-order valence-electron chi connectivity index (χ2n) is 10.7. The van der Waals surface area contributed by atoms with E-state index >= 15 is 0 Å². The number of fused-ring (bicyclic) bond motifs is 4. The summed E-state index contributed by atoms with van der Waals surface area (Å²) in [5.41, 5.74) is 4.91. The van der Waals surface area contributed by atoms with Gasteiger partial charge in [0.05, 0.1) is 41.0 Å². The van der Waals surface area contributed by atoms with Gasteiger partial charge in [0.15, 0.2) is 23.0 Å². The van der Waals surface area contributed by atoms with E-state index in [1.807, 2.05) is 42.5 Å². The second kappa shape index (κ2) is 10.4. The number of hydrogen-bond donors (Lipinski definition) is 2. The van der Waals surface area contributed by atoms with Crippen molar-refractivity contribution in [2.75, 3.05) is 41.8 Å². The van der Waals surface area contributed by atoms with Gasteiger partial charge in [-0.2, -0.15) is 0 Å². The molecule has 4 aromatic rings. The Morgan fingerprint density at radius 1 is 0.857 bits per heavy atom. The van der Waals surface area contributed by atoms with Crippen molar-refractivity contribution < 1.29 is 38.0 Å². The number of H-pyrrole nitrogens is 1. The lowest BCUT2D eigenvalue weighted by molar-refractivity contribution is -0.141. The highest BCUT2D eigenvalue weighted by atomic mass is 16.7. The SMILES string of the molecule is COc1ccc2[nH]c(CN[C@@H]3c4cc5c(cc4[C@@H](c4cc(OC)c(OC)c(OC)c4)[C@H]4C(=O)OC[C@@H]43)OCO5)cc2c1. The Morgan fingerprint density at radius 3 is 2.29 bits per heavy atom. The molecule has 0 amide bonds. The highest BCUT2D eigenvalue weighted by molar-refractivity contribution is 5.82. The molecule has 2 N–H and O–H groups in total. The minimum Gasteiger partial charge on any atom is -0.497 e. The fourth-order valence-corrected chi connectivity index (χ4v) is 6.72. The number of rotatable bonds is 8. The van der Waals surface area contributed by atoms with E-state index in [2.05, 4.69) is 16.4 Å². The minimum absolute atomic E-state index is 0.126. The monoisotopic (exact) mass is 572 g/mol. The third kappa shape index (κ3) is 4.16. The summed E-state index contributed by atoms with van der Waals surface area (Å²) in [4.78, 5) is 16.9. The van der Waals surface area contributed by atoms with Crippen LogP contribution in [0.1, 0.15) is 34.3 Å². The Labute approximate surface area is 242 Å². The Morgan fingerprint density at radius 2 is 1.60 bits per heavy atom. The molecule has 0 spiro atoms. The number of carbonyl (C=O) groups is 1. The summed E-state index contributed by atoms with van der Waals surface area (Å²) in [6, 6.07) is 15.7. The Bertz CT molecular complexity index is 1660. The van der Waals surface area contributed by atoms with Crippen molar-refractivity contribution in [2.24, 2.45) is 11.8 Å². The molecule has 10 nitrogen and oxygen atoms in total. The van der Waals surface area contributed by atoms with Crippen LogP contribution in [0.25, 0.3) is 10.9 Å². The number of cyclic esters (lactones) is 1. The third-order valence-electron chi connectivity index (χ3n) is 8.63. The van der Waals surface area contributed by atoms with Gasteiger partial charge in [-0.25, -0.2) is 0 Å². The zero-order valence-electron chi connectivity index (χ0n) is 23.8. The Kier molecular flexibility index (Phi) is 6.50. The van der Waals surface area contributed by atoms with Crippen LogP contribution >= 0.6 is 0 Å². The van der Waals surface area contributed by atoms with Crippen LogP contribution in [0.4, 0.5) is 0 Å². The number of benzene rings is 3. The first kappa shape index (κ1) is 26.3. The molecule has 0 saturated carbocycles. The van der Waals surface area contributed by atoms with Gasteiger partial charge in [0.2, 0.25) is 12.5 Å². The van der Waals surface area contributed by atoms with Gasteiger partial charge in [-0.05, 0) is 65.2 Å². The molecule has 10 heteroatoms. The summed E-state index contributed by atoms with van der Waals surface area (Å²) in [6.07, 6.45) is 0. The summed E-state index contributed by atoms with van der Waals surface area (Å²) < 4.78 is 39.6. The molecule has 3 aromatic carbocycles. The number of hydrogen-bond acceptors (Lipinski definition) is 9. The maximum absolute atomic E-state index is 13.5. The minimum atomic E-state index is -0.440. The van der Waals surface area contributed by atoms with Crippen LogP contribution < -0.4 is 33.7 Å². The molecule has 1 saturated heterocycles. The van der Waals surface area contributed by atoms with E-state index in [0.717, 1.165) is 39.0 Å². The van der Waals surface area contributed by atoms with Gasteiger partial charge >= 0.3 is 5.97 Å². The molecule has 1 aromatic heterocycles. The van der Waals surface area contributed by atoms with Gasteiger partial charge < -0.3 is 43.5 Å². The highest BCUT2D eigenvalue weighted by Crippen LogP contribution is 2.55. The standard InChI is InChI=1S/C32H32N2O8/c1-36-19-5-6-23-16(8-19)7-18(34-23)13-33-30-21-12-25-24(41-15-42-25)11-20(21)28(29-22(30)14-40-32(29)35)17-9-26(37-2)31(39-4)27(10-17)38-3/h5-12,22,28-30,33-34H,13-15H2,1-4H3/t22-,28+,29-,30+/m0/s1. The van der Waals surface area contributed by atoms with Crippen LogP contribution in [-0.4, -0.2) is 52.8 Å². The van der Waals surface area contributed by atoms with E-state index in [4.69, 9.17) is 33.2 Å². The topological polar surface area (TPSA) is 110 Å². The van der Waals surface area contributed by atoms with Crippen molar-refractivity contribution in [3.05, 3.63) is 70.9 Å². The molecule has 3 aliphatic rings. The number of aromatic amines is 1. The van der Waals surface area contributed by atoms with Crippen LogP contribution in [0.3, 0.4) is 0 Å². The predicted molar refractivity (Wildman–Crippen MR) is 153 cm³/mol. The molecule has 42 heavy (non-hydrogen) atoms. The van der Waals surface area contributed by atoms with E-state index < -0.39 is 5.92 Å². The van der Waals surface area contributed by atoms with E-state index in [9.17, 15) is 4.79 Å². The summed E-state index contributed by atoms with van der Waals surface area (Å²) in [7, 11) is 6.40. The first-order chi connectivity index (χ1) is 20.5. The molecule has 2 aliphatic heterocycles. The average molecular weight is 573 g/mol. The van der Waals surface area contributed by atoms with E-state index in [0.29, 0.717) is 41.9 Å². The molecule has 1 aliphatic carbocycles. The van der Waals surface area contributed by atoms with Crippen LogP contribution in [0.2, 0.25) is 0 Å². The summed E-state index contributed by atoms with van der Waals surface area (Å²) in [5.74, 6) is 2.55. The van der Waals surface area contributed by atoms with Crippen molar-refractivity contribution in [3.8, 4) is 34.5 Å². The number of ether oxygens (including phenoxy) is 7. The number of esters is 1. The van der Waals surface area contributed by atoms with Crippen molar-refractivity contribution in [1.29, 1.82) is 0 Å². The normalized spacial score (nSPS) is 22.0. The van der Waals surface area contributed by atoms with Gasteiger partial charge in [0.25, 0.3) is 0 Å². The van der Waals surface area contributed by atoms with Gasteiger partial charge in [0.1, 0.15) is 5.75 Å². The first-order valence-corrected chi connectivity index (χ1v) is 13.8. The summed E-state index contributed by atoms with van der Waals surface area (Å²) >= 11 is 0. The van der Waals surface area contributed by atoms with Crippen LogP contribution in [0.15, 0.2) is 48.5 Å². The molecule has 218 valence electrons. The molecular weight excluding hydrogens is 540 g/mol. The summed E-state index contributed by atoms with van der Waals surface area (Å²) in [5, 5.41) is 4.81. The van der Waals surface area contributed by atoms with Gasteiger partial charge in [-0.1, -0.05) is 0 Å². The fraction of sp³-hybridized carbons (Fsp3) is 0.344. The molecule has 3 heterocycles. The van der Waals surface area contributed by atoms with Gasteiger partial charge in [-0.3, -0.25) is 4.79 Å². The number of nitrogens with one attached hydrogen (secondary N) is 2. The molecule has 7 rings (SSSR count). The highest BCUT2D eigenvalue weighted by Gasteiger charge is 2.52. The molecule has 0 unspecified atom stereocenters. The van der Waals surface area contributed by atoms with Crippen LogP contribution in [0, 0.1) is 11.8 Å². The number of aromatic nitrogens is 1. The van der Waals surface area contributed by atoms with E-state index in [1.54, 1.807) is 28.4 Å². The second-order valence-corrected chi connectivity index (χ2v) is 10.7. The Balaban J connectivity index is 1.32. The quantitative estimate of drug-likeness (QED) is 0.291. The lowest BCUT2D eigenvalue weighted by Crippen LogP contribution is -2.40. The maximum Gasteiger partial charge on any atom is 0.310 e. The van der Waals surface area contributed by atoms with Gasteiger partial charge in [-0.15, -0.1) is 0 Å². The van der Waals surface area contributed by atoms with Crippen molar-refractivity contribution >= 4 is 16.9 Å². The number of methoxy groups -OCH3 is 4. The predicted octanol–water partition coefficient (Wildman–Crippen LogP) is 4.70. The molecule has 4 atom stereocenters. The Hall–Kier alpha value is -4.57. The lowest BCUT2D eigenvalue weighted by Gasteiger charge is -2.39. The molecule has 1 fully saturated rings. The van der Waals surface area contributed by atoms with E-state index in [1.165, 1.54) is 0 Å². The average Bonchev–Trinajstić information content (AvgIpc) is 3.75. The zero-order chi connectivity index (χ0) is 29.0. The van der Waals surface area contributed by atoms with Crippen molar-refractivity contribution in [1.82, 2.24) is 10.3 Å². The van der Waals surface area contributed by atoms with E-state index in [-0.39, 0.29) is 30.6 Å². The third-order valence-corrected chi connectivity index (χ3v) is 8.63. The van der Waals surface area contributed by atoms with Crippen molar-refractivity contribution in [2.45, 2.75) is 18.5 Å². The van der Waals surface area contributed by atoms with Crippen LogP contribution in [-0.2, 0) is 16.1 Å². The summed E-state index contributed by atoms with van der Waals surface area (Å²) in [6.45, 7) is 1.01. The lowest BCUT2D eigenvalue weighted by atomic mass is 9.65.